The molecule has 5 nitrogen and oxygen atoms in total. The summed E-state index contributed by atoms with van der Waals surface area (Å²) < 4.78 is 5.75. The van der Waals surface area contributed by atoms with Crippen LogP contribution in [0, 0.1) is 6.92 Å². The molecule has 2 aromatic rings. The minimum absolute atomic E-state index is 0.122. The van der Waals surface area contributed by atoms with E-state index in [9.17, 15) is 9.59 Å². The number of hydrogen-bond acceptors (Lipinski definition) is 3. The van der Waals surface area contributed by atoms with Crippen molar-refractivity contribution in [2.75, 3.05) is 6.61 Å². The molecule has 3 rings (SSSR count). The summed E-state index contributed by atoms with van der Waals surface area (Å²) in [6.07, 6.45) is 4.71. The fourth-order valence-corrected chi connectivity index (χ4v) is 4.38. The van der Waals surface area contributed by atoms with Gasteiger partial charge in [-0.25, -0.2) is 0 Å². The molecule has 2 amide bonds. The van der Waals surface area contributed by atoms with E-state index in [1.54, 1.807) is 17.0 Å². The van der Waals surface area contributed by atoms with E-state index in [0.717, 1.165) is 36.8 Å². The molecule has 1 aliphatic rings. The van der Waals surface area contributed by atoms with Crippen molar-refractivity contribution in [2.45, 2.75) is 64.6 Å². The topological polar surface area (TPSA) is 58.6 Å². The summed E-state index contributed by atoms with van der Waals surface area (Å²) in [6, 6.07) is 12.4. The van der Waals surface area contributed by atoms with E-state index >= 15 is 0 Å². The quantitative estimate of drug-likeness (QED) is 0.516. The van der Waals surface area contributed by atoms with E-state index in [-0.39, 0.29) is 31.0 Å². The highest BCUT2D eigenvalue weighted by Gasteiger charge is 2.31. The van der Waals surface area contributed by atoms with Crippen molar-refractivity contribution in [1.82, 2.24) is 10.2 Å². The second kappa shape index (κ2) is 11.6. The average Bonchev–Trinajstić information content (AvgIpc) is 3.27. The van der Waals surface area contributed by atoms with Crippen LogP contribution in [0.15, 0.2) is 42.5 Å². The van der Waals surface area contributed by atoms with E-state index in [2.05, 4.69) is 5.32 Å². The summed E-state index contributed by atoms with van der Waals surface area (Å²) in [6.45, 7) is 3.96. The van der Waals surface area contributed by atoms with Crippen molar-refractivity contribution < 1.29 is 14.3 Å². The SMILES string of the molecule is CC[C@@H](C(=O)NC1CCCC1)N(Cc1ccc(Cl)c(Cl)c1)C(=O)COc1cccc(C)c1. The Morgan fingerprint density at radius 1 is 1.12 bits per heavy atom. The van der Waals surface area contributed by atoms with Gasteiger partial charge in [-0.1, -0.05) is 61.2 Å². The Hall–Kier alpha value is -2.24. The number of hydrogen-bond donors (Lipinski definition) is 1. The predicted octanol–water partition coefficient (Wildman–Crippen LogP) is 5.55. The first-order valence-corrected chi connectivity index (χ1v) is 11.9. The number of ether oxygens (including phenoxy) is 1. The molecule has 0 spiro atoms. The molecule has 0 aromatic heterocycles. The average molecular weight is 477 g/mol. The van der Waals surface area contributed by atoms with Gasteiger partial charge < -0.3 is 15.0 Å². The third kappa shape index (κ3) is 6.63. The Kier molecular flexibility index (Phi) is 8.83. The zero-order valence-electron chi connectivity index (χ0n) is 18.6. The van der Waals surface area contributed by atoms with Gasteiger partial charge in [0.05, 0.1) is 10.0 Å². The van der Waals surface area contributed by atoms with Crippen LogP contribution in [0.25, 0.3) is 0 Å². The van der Waals surface area contributed by atoms with E-state index in [4.69, 9.17) is 27.9 Å². The highest BCUT2D eigenvalue weighted by Crippen LogP contribution is 2.25. The van der Waals surface area contributed by atoms with Gasteiger partial charge in [0.2, 0.25) is 5.91 Å². The van der Waals surface area contributed by atoms with Gasteiger partial charge in [-0.05, 0) is 61.6 Å². The van der Waals surface area contributed by atoms with Crippen LogP contribution in [-0.2, 0) is 16.1 Å². The molecule has 0 radical (unpaired) electrons. The normalized spacial score (nSPS) is 14.8. The molecule has 0 saturated heterocycles. The smallest absolute Gasteiger partial charge is 0.261 e. The summed E-state index contributed by atoms with van der Waals surface area (Å²) in [7, 11) is 0. The molecule has 0 heterocycles. The number of carbonyl (C=O) groups is 2. The monoisotopic (exact) mass is 476 g/mol. The molecule has 1 aliphatic carbocycles. The number of aryl methyl sites for hydroxylation is 1. The zero-order chi connectivity index (χ0) is 23.1. The van der Waals surface area contributed by atoms with Crippen LogP contribution in [0.3, 0.4) is 0 Å². The lowest BCUT2D eigenvalue weighted by Gasteiger charge is -2.31. The van der Waals surface area contributed by atoms with Crippen LogP contribution in [0.4, 0.5) is 0 Å². The highest BCUT2D eigenvalue weighted by molar-refractivity contribution is 6.42. The fraction of sp³-hybridized carbons (Fsp3) is 0.440. The minimum Gasteiger partial charge on any atom is -0.484 e. The third-order valence-corrected chi connectivity index (χ3v) is 6.52. The second-order valence-electron chi connectivity index (χ2n) is 8.29. The van der Waals surface area contributed by atoms with Gasteiger partial charge in [0.1, 0.15) is 11.8 Å². The number of benzene rings is 2. The van der Waals surface area contributed by atoms with E-state index in [0.29, 0.717) is 22.2 Å². The summed E-state index contributed by atoms with van der Waals surface area (Å²) in [4.78, 5) is 28.0. The van der Waals surface area contributed by atoms with Crippen LogP contribution in [0.2, 0.25) is 10.0 Å². The van der Waals surface area contributed by atoms with Crippen LogP contribution < -0.4 is 10.1 Å². The largest absolute Gasteiger partial charge is 0.484 e. The van der Waals surface area contributed by atoms with Gasteiger partial charge >= 0.3 is 0 Å². The minimum atomic E-state index is -0.598. The summed E-state index contributed by atoms with van der Waals surface area (Å²) in [5, 5.41) is 3.99. The number of rotatable bonds is 9. The van der Waals surface area contributed by atoms with Crippen molar-refractivity contribution in [3.63, 3.8) is 0 Å². The number of nitrogens with one attached hydrogen (secondary N) is 1. The van der Waals surface area contributed by atoms with Gasteiger partial charge in [-0.15, -0.1) is 0 Å². The van der Waals surface area contributed by atoms with Gasteiger partial charge in [0.15, 0.2) is 6.61 Å². The standard InChI is InChI=1S/C25H30Cl2N2O3/c1-3-23(25(31)28-19-8-4-5-9-19)29(15-18-11-12-21(26)22(27)14-18)24(30)16-32-20-10-6-7-17(2)13-20/h6-7,10-14,19,23H,3-5,8-9,15-16H2,1-2H3,(H,28,31)/t23-/m0/s1. The molecule has 0 unspecified atom stereocenters. The first kappa shape index (κ1) is 24.4. The second-order valence-corrected chi connectivity index (χ2v) is 9.10. The third-order valence-electron chi connectivity index (χ3n) is 5.78. The maximum atomic E-state index is 13.3. The predicted molar refractivity (Wildman–Crippen MR) is 128 cm³/mol. The number of nitrogens with zero attached hydrogens (tertiary/aromatic N) is 1. The van der Waals surface area contributed by atoms with Gasteiger partial charge in [0.25, 0.3) is 5.91 Å². The first-order chi connectivity index (χ1) is 15.4. The number of halogens is 2. The maximum Gasteiger partial charge on any atom is 0.261 e. The van der Waals surface area contributed by atoms with E-state index in [1.807, 2.05) is 44.2 Å². The Morgan fingerprint density at radius 3 is 2.53 bits per heavy atom. The van der Waals surface area contributed by atoms with Crippen LogP contribution in [0.5, 0.6) is 5.75 Å². The van der Waals surface area contributed by atoms with E-state index in [1.165, 1.54) is 0 Å². The molecule has 1 fully saturated rings. The molecular weight excluding hydrogens is 447 g/mol. The van der Waals surface area contributed by atoms with Crippen LogP contribution >= 0.6 is 23.2 Å². The van der Waals surface area contributed by atoms with Crippen LogP contribution in [0.1, 0.15) is 50.2 Å². The van der Waals surface area contributed by atoms with Crippen LogP contribution in [-0.4, -0.2) is 35.4 Å². The Bertz CT molecular complexity index is 945. The zero-order valence-corrected chi connectivity index (χ0v) is 20.1. The molecule has 32 heavy (non-hydrogen) atoms. The molecule has 7 heteroatoms. The maximum absolute atomic E-state index is 13.3. The summed E-state index contributed by atoms with van der Waals surface area (Å²) in [5.74, 6) is 0.241. The van der Waals surface area contributed by atoms with Crippen molar-refractivity contribution in [3.8, 4) is 5.75 Å². The first-order valence-electron chi connectivity index (χ1n) is 11.1. The molecule has 1 atom stereocenters. The molecule has 172 valence electrons. The lowest BCUT2D eigenvalue weighted by Crippen LogP contribution is -2.52. The Labute approximate surface area is 200 Å². The molecule has 2 aromatic carbocycles. The lowest BCUT2D eigenvalue weighted by molar-refractivity contribution is -0.143. The van der Waals surface area contributed by atoms with Gasteiger partial charge in [-0.2, -0.15) is 0 Å². The fourth-order valence-electron chi connectivity index (χ4n) is 4.05. The molecule has 1 N–H and O–H groups in total. The molecule has 0 bridgehead atoms. The Balaban J connectivity index is 1.78. The molecular formula is C25H30Cl2N2O3. The van der Waals surface area contributed by atoms with Crippen molar-refractivity contribution in [2.24, 2.45) is 0 Å². The Morgan fingerprint density at radius 2 is 1.88 bits per heavy atom. The van der Waals surface area contributed by atoms with Crippen molar-refractivity contribution in [1.29, 1.82) is 0 Å². The lowest BCUT2D eigenvalue weighted by atomic mass is 10.1. The van der Waals surface area contributed by atoms with Crippen molar-refractivity contribution in [3.05, 3.63) is 63.6 Å². The highest BCUT2D eigenvalue weighted by atomic mass is 35.5. The van der Waals surface area contributed by atoms with Gasteiger partial charge in [-0.3, -0.25) is 9.59 Å². The summed E-state index contributed by atoms with van der Waals surface area (Å²) in [5.41, 5.74) is 1.85. The summed E-state index contributed by atoms with van der Waals surface area (Å²) >= 11 is 12.2. The number of amides is 2. The molecule has 0 aliphatic heterocycles. The number of carbonyl (C=O) groups excluding carboxylic acids is 2. The van der Waals surface area contributed by atoms with Gasteiger partial charge in [0, 0.05) is 12.6 Å². The molecule has 1 saturated carbocycles. The van der Waals surface area contributed by atoms with E-state index < -0.39 is 6.04 Å². The van der Waals surface area contributed by atoms with Crippen molar-refractivity contribution >= 4 is 35.0 Å².